The summed E-state index contributed by atoms with van der Waals surface area (Å²) >= 11 is 0. The van der Waals surface area contributed by atoms with Crippen molar-refractivity contribution in [2.45, 2.75) is 25.4 Å². The van der Waals surface area contributed by atoms with Crippen LogP contribution in [0, 0.1) is 0 Å². The lowest BCUT2D eigenvalue weighted by Crippen LogP contribution is -2.41. The van der Waals surface area contributed by atoms with E-state index in [0.717, 1.165) is 0 Å². The van der Waals surface area contributed by atoms with Crippen LogP contribution >= 0.6 is 0 Å². The first-order valence-electron chi connectivity index (χ1n) is 5.43. The summed E-state index contributed by atoms with van der Waals surface area (Å²) < 4.78 is 6.36. The standard InChI is InChI=1S/C10H18N4O3/c1-8(14-7-11-6-12-14)10(16)13-9(5-15)3-4-17-2/h6-9,15H,3-5H2,1-2H3,(H,13,16). The van der Waals surface area contributed by atoms with Crippen molar-refractivity contribution in [1.29, 1.82) is 0 Å². The first-order chi connectivity index (χ1) is 8.19. The number of aromatic nitrogens is 3. The van der Waals surface area contributed by atoms with Gasteiger partial charge in [-0.1, -0.05) is 0 Å². The zero-order valence-electron chi connectivity index (χ0n) is 10.0. The van der Waals surface area contributed by atoms with Crippen molar-refractivity contribution in [2.75, 3.05) is 20.3 Å². The summed E-state index contributed by atoms with van der Waals surface area (Å²) in [6.07, 6.45) is 3.42. The lowest BCUT2D eigenvalue weighted by molar-refractivity contribution is -0.125. The van der Waals surface area contributed by atoms with Gasteiger partial charge < -0.3 is 15.2 Å². The molecule has 1 amide bonds. The number of hydrogen-bond donors (Lipinski definition) is 2. The molecule has 0 radical (unpaired) electrons. The van der Waals surface area contributed by atoms with E-state index in [-0.39, 0.29) is 18.6 Å². The maximum atomic E-state index is 11.8. The number of nitrogens with zero attached hydrogens (tertiary/aromatic N) is 3. The molecule has 1 aromatic heterocycles. The fourth-order valence-electron chi connectivity index (χ4n) is 1.33. The molecule has 0 saturated heterocycles. The van der Waals surface area contributed by atoms with Crippen molar-refractivity contribution in [3.8, 4) is 0 Å². The van der Waals surface area contributed by atoms with Gasteiger partial charge in [0, 0.05) is 13.7 Å². The molecule has 7 heteroatoms. The van der Waals surface area contributed by atoms with E-state index in [1.54, 1.807) is 14.0 Å². The molecule has 1 aromatic rings. The predicted octanol–water partition coefficient (Wildman–Crippen LogP) is -0.647. The zero-order chi connectivity index (χ0) is 12.7. The van der Waals surface area contributed by atoms with Crippen molar-refractivity contribution in [3.05, 3.63) is 12.7 Å². The highest BCUT2D eigenvalue weighted by molar-refractivity contribution is 5.80. The van der Waals surface area contributed by atoms with Crippen LogP contribution in [-0.4, -0.2) is 52.1 Å². The fraction of sp³-hybridized carbons (Fsp3) is 0.700. The number of aliphatic hydroxyl groups is 1. The fourth-order valence-corrected chi connectivity index (χ4v) is 1.33. The molecule has 1 rings (SSSR count). The molecule has 2 unspecified atom stereocenters. The van der Waals surface area contributed by atoms with Crippen molar-refractivity contribution in [3.63, 3.8) is 0 Å². The summed E-state index contributed by atoms with van der Waals surface area (Å²) in [5, 5.41) is 15.7. The van der Waals surface area contributed by atoms with Crippen LogP contribution in [0.4, 0.5) is 0 Å². The Morgan fingerprint density at radius 3 is 2.94 bits per heavy atom. The predicted molar refractivity (Wildman–Crippen MR) is 60.2 cm³/mol. The van der Waals surface area contributed by atoms with Crippen LogP contribution in [0.2, 0.25) is 0 Å². The van der Waals surface area contributed by atoms with E-state index in [1.807, 2.05) is 0 Å². The van der Waals surface area contributed by atoms with E-state index in [2.05, 4.69) is 15.4 Å². The average Bonchev–Trinajstić information content (AvgIpc) is 2.86. The molecule has 0 aromatic carbocycles. The van der Waals surface area contributed by atoms with Gasteiger partial charge in [0.2, 0.25) is 5.91 Å². The summed E-state index contributed by atoms with van der Waals surface area (Å²) in [7, 11) is 1.58. The highest BCUT2D eigenvalue weighted by Gasteiger charge is 2.18. The number of methoxy groups -OCH3 is 1. The second-order valence-corrected chi connectivity index (χ2v) is 3.72. The van der Waals surface area contributed by atoms with Gasteiger partial charge in [0.25, 0.3) is 0 Å². The van der Waals surface area contributed by atoms with E-state index in [0.29, 0.717) is 13.0 Å². The van der Waals surface area contributed by atoms with E-state index in [9.17, 15) is 4.79 Å². The van der Waals surface area contributed by atoms with Gasteiger partial charge in [0.05, 0.1) is 12.6 Å². The van der Waals surface area contributed by atoms with Crippen LogP contribution in [0.25, 0.3) is 0 Å². The number of nitrogens with one attached hydrogen (secondary N) is 1. The summed E-state index contributed by atoms with van der Waals surface area (Å²) in [4.78, 5) is 15.6. The van der Waals surface area contributed by atoms with Gasteiger partial charge in [0.15, 0.2) is 0 Å². The van der Waals surface area contributed by atoms with Crippen LogP contribution in [-0.2, 0) is 9.53 Å². The van der Waals surface area contributed by atoms with Gasteiger partial charge >= 0.3 is 0 Å². The molecule has 2 atom stereocenters. The molecule has 7 nitrogen and oxygen atoms in total. The van der Waals surface area contributed by atoms with E-state index < -0.39 is 6.04 Å². The third-order valence-electron chi connectivity index (χ3n) is 2.45. The number of aliphatic hydroxyl groups excluding tert-OH is 1. The maximum Gasteiger partial charge on any atom is 0.244 e. The van der Waals surface area contributed by atoms with Crippen LogP contribution in [0.15, 0.2) is 12.7 Å². The highest BCUT2D eigenvalue weighted by Crippen LogP contribution is 2.03. The van der Waals surface area contributed by atoms with Crippen LogP contribution in [0.3, 0.4) is 0 Å². The lowest BCUT2D eigenvalue weighted by Gasteiger charge is -2.18. The van der Waals surface area contributed by atoms with E-state index in [4.69, 9.17) is 9.84 Å². The second-order valence-electron chi connectivity index (χ2n) is 3.72. The number of ether oxygens (including phenoxy) is 1. The number of carbonyl (C=O) groups excluding carboxylic acids is 1. The molecule has 0 fully saturated rings. The van der Waals surface area contributed by atoms with Crippen molar-refractivity contribution in [1.82, 2.24) is 20.1 Å². The summed E-state index contributed by atoms with van der Waals surface area (Å²) in [6.45, 7) is 2.09. The SMILES string of the molecule is COCCC(CO)NC(=O)C(C)n1cncn1. The normalized spacial score (nSPS) is 14.3. The minimum Gasteiger partial charge on any atom is -0.394 e. The number of rotatable bonds is 7. The van der Waals surface area contributed by atoms with Crippen molar-refractivity contribution < 1.29 is 14.6 Å². The number of hydrogen-bond acceptors (Lipinski definition) is 5. The van der Waals surface area contributed by atoms with Crippen LogP contribution in [0.1, 0.15) is 19.4 Å². The largest absolute Gasteiger partial charge is 0.394 e. The third-order valence-corrected chi connectivity index (χ3v) is 2.45. The van der Waals surface area contributed by atoms with Crippen molar-refractivity contribution in [2.24, 2.45) is 0 Å². The van der Waals surface area contributed by atoms with E-state index in [1.165, 1.54) is 17.3 Å². The lowest BCUT2D eigenvalue weighted by atomic mass is 10.2. The number of amides is 1. The molecule has 96 valence electrons. The first kappa shape index (κ1) is 13.6. The Morgan fingerprint density at radius 1 is 1.65 bits per heavy atom. The summed E-state index contributed by atoms with van der Waals surface area (Å²) in [5.74, 6) is -0.203. The molecule has 0 spiro atoms. The van der Waals surface area contributed by atoms with Crippen LogP contribution < -0.4 is 5.32 Å². The van der Waals surface area contributed by atoms with Gasteiger partial charge in [-0.2, -0.15) is 5.10 Å². The minimum atomic E-state index is -0.450. The second kappa shape index (κ2) is 6.97. The topological polar surface area (TPSA) is 89.3 Å². The molecule has 1 heterocycles. The quantitative estimate of drug-likeness (QED) is 0.663. The highest BCUT2D eigenvalue weighted by atomic mass is 16.5. The zero-order valence-corrected chi connectivity index (χ0v) is 10.0. The molecular weight excluding hydrogens is 224 g/mol. The molecule has 0 aliphatic carbocycles. The Bertz CT molecular complexity index is 328. The molecule has 0 saturated carbocycles. The Balaban J connectivity index is 2.46. The molecular formula is C10H18N4O3. The molecule has 0 aliphatic rings. The third kappa shape index (κ3) is 4.12. The molecule has 2 N–H and O–H groups in total. The Morgan fingerprint density at radius 2 is 2.41 bits per heavy atom. The van der Waals surface area contributed by atoms with Gasteiger partial charge in [-0.15, -0.1) is 0 Å². The smallest absolute Gasteiger partial charge is 0.244 e. The van der Waals surface area contributed by atoms with Crippen LogP contribution in [0.5, 0.6) is 0 Å². The van der Waals surface area contributed by atoms with Gasteiger partial charge in [-0.25, -0.2) is 9.67 Å². The van der Waals surface area contributed by atoms with Gasteiger partial charge in [0.1, 0.15) is 18.7 Å². The average molecular weight is 242 g/mol. The minimum absolute atomic E-state index is 0.112. The summed E-state index contributed by atoms with van der Waals surface area (Å²) in [6, 6.07) is -0.748. The maximum absolute atomic E-state index is 11.8. The molecule has 17 heavy (non-hydrogen) atoms. The van der Waals surface area contributed by atoms with Gasteiger partial charge in [-0.3, -0.25) is 4.79 Å². The molecule has 0 aliphatic heterocycles. The number of carbonyl (C=O) groups is 1. The first-order valence-corrected chi connectivity index (χ1v) is 5.43. The van der Waals surface area contributed by atoms with Gasteiger partial charge in [-0.05, 0) is 13.3 Å². The Hall–Kier alpha value is -1.47. The van der Waals surface area contributed by atoms with E-state index >= 15 is 0 Å². The Labute approximate surface area is 99.8 Å². The summed E-state index contributed by atoms with van der Waals surface area (Å²) in [5.41, 5.74) is 0. The van der Waals surface area contributed by atoms with Crippen molar-refractivity contribution >= 4 is 5.91 Å². The Kier molecular flexibility index (Phi) is 5.58. The molecule has 0 bridgehead atoms. The monoisotopic (exact) mass is 242 g/mol.